The lowest BCUT2D eigenvalue weighted by atomic mass is 10.1. The van der Waals surface area contributed by atoms with Crippen molar-refractivity contribution in [2.45, 2.75) is 19.4 Å². The second-order valence-electron chi connectivity index (χ2n) is 3.61. The first kappa shape index (κ1) is 11.9. The fourth-order valence-corrected chi connectivity index (χ4v) is 1.44. The van der Waals surface area contributed by atoms with Crippen LogP contribution in [0.3, 0.4) is 0 Å². The second-order valence-corrected chi connectivity index (χ2v) is 3.61. The van der Waals surface area contributed by atoms with E-state index in [9.17, 15) is 0 Å². The minimum Gasteiger partial charge on any atom is -0.497 e. The SMILES string of the molecule is CNC(C)Cc1cc(OC)cc(OC)c1. The van der Waals surface area contributed by atoms with Gasteiger partial charge in [-0.05, 0) is 38.1 Å². The van der Waals surface area contributed by atoms with E-state index in [4.69, 9.17) is 9.47 Å². The lowest BCUT2D eigenvalue weighted by molar-refractivity contribution is 0.393. The summed E-state index contributed by atoms with van der Waals surface area (Å²) in [7, 11) is 5.29. The summed E-state index contributed by atoms with van der Waals surface area (Å²) in [5.41, 5.74) is 1.22. The first-order valence-electron chi connectivity index (χ1n) is 5.08. The Morgan fingerprint density at radius 3 is 2.07 bits per heavy atom. The van der Waals surface area contributed by atoms with Crippen molar-refractivity contribution < 1.29 is 9.47 Å². The van der Waals surface area contributed by atoms with Crippen LogP contribution in [0.4, 0.5) is 0 Å². The van der Waals surface area contributed by atoms with E-state index in [1.807, 2.05) is 25.2 Å². The molecule has 1 rings (SSSR count). The predicted octanol–water partition coefficient (Wildman–Crippen LogP) is 1.85. The summed E-state index contributed by atoms with van der Waals surface area (Å²) in [6.07, 6.45) is 0.962. The Morgan fingerprint density at radius 1 is 1.13 bits per heavy atom. The summed E-state index contributed by atoms with van der Waals surface area (Å²) < 4.78 is 10.4. The Labute approximate surface area is 91.4 Å². The molecule has 0 bridgehead atoms. The van der Waals surface area contributed by atoms with Crippen LogP contribution < -0.4 is 14.8 Å². The van der Waals surface area contributed by atoms with Crippen molar-refractivity contribution in [3.05, 3.63) is 23.8 Å². The molecule has 0 aromatic heterocycles. The topological polar surface area (TPSA) is 30.5 Å². The molecule has 0 spiro atoms. The summed E-state index contributed by atoms with van der Waals surface area (Å²) in [6, 6.07) is 6.40. The van der Waals surface area contributed by atoms with E-state index in [1.54, 1.807) is 14.2 Å². The highest BCUT2D eigenvalue weighted by Crippen LogP contribution is 2.23. The van der Waals surface area contributed by atoms with Crippen LogP contribution >= 0.6 is 0 Å². The van der Waals surface area contributed by atoms with Gasteiger partial charge in [0.1, 0.15) is 11.5 Å². The summed E-state index contributed by atoms with van der Waals surface area (Å²) >= 11 is 0. The molecule has 84 valence electrons. The van der Waals surface area contributed by atoms with Crippen molar-refractivity contribution >= 4 is 0 Å². The average molecular weight is 209 g/mol. The molecule has 1 atom stereocenters. The minimum atomic E-state index is 0.446. The number of ether oxygens (including phenoxy) is 2. The van der Waals surface area contributed by atoms with E-state index in [-0.39, 0.29) is 0 Å². The molecule has 1 unspecified atom stereocenters. The minimum absolute atomic E-state index is 0.446. The van der Waals surface area contributed by atoms with Crippen molar-refractivity contribution in [3.8, 4) is 11.5 Å². The van der Waals surface area contributed by atoms with Crippen LogP contribution in [0.1, 0.15) is 12.5 Å². The third-order valence-corrected chi connectivity index (χ3v) is 2.45. The number of rotatable bonds is 5. The Morgan fingerprint density at radius 2 is 1.67 bits per heavy atom. The monoisotopic (exact) mass is 209 g/mol. The highest BCUT2D eigenvalue weighted by molar-refractivity contribution is 5.38. The standard InChI is InChI=1S/C12H19NO2/c1-9(13-2)5-10-6-11(14-3)8-12(7-10)15-4/h6-9,13H,5H2,1-4H3. The highest BCUT2D eigenvalue weighted by atomic mass is 16.5. The Balaban J connectivity index is 2.86. The summed E-state index contributed by atoms with van der Waals surface area (Å²) in [5, 5.41) is 3.21. The molecular formula is C12H19NO2. The van der Waals surface area contributed by atoms with E-state index in [2.05, 4.69) is 12.2 Å². The number of likely N-dealkylation sites (N-methyl/N-ethyl adjacent to an activating group) is 1. The molecule has 0 fully saturated rings. The van der Waals surface area contributed by atoms with E-state index in [0.717, 1.165) is 17.9 Å². The van der Waals surface area contributed by atoms with Crippen molar-refractivity contribution in [2.24, 2.45) is 0 Å². The fraction of sp³-hybridized carbons (Fsp3) is 0.500. The van der Waals surface area contributed by atoms with Gasteiger partial charge in [-0.25, -0.2) is 0 Å². The van der Waals surface area contributed by atoms with Crippen molar-refractivity contribution in [1.82, 2.24) is 5.32 Å². The first-order chi connectivity index (χ1) is 7.19. The van der Waals surface area contributed by atoms with E-state index in [0.29, 0.717) is 6.04 Å². The lowest BCUT2D eigenvalue weighted by Gasteiger charge is -2.12. The first-order valence-corrected chi connectivity index (χ1v) is 5.08. The molecule has 0 saturated carbocycles. The third-order valence-electron chi connectivity index (χ3n) is 2.45. The van der Waals surface area contributed by atoms with Gasteiger partial charge >= 0.3 is 0 Å². The van der Waals surface area contributed by atoms with Gasteiger partial charge < -0.3 is 14.8 Å². The molecule has 0 aliphatic rings. The zero-order valence-corrected chi connectivity index (χ0v) is 9.83. The van der Waals surface area contributed by atoms with Gasteiger partial charge in [-0.2, -0.15) is 0 Å². The summed E-state index contributed by atoms with van der Waals surface area (Å²) in [6.45, 7) is 2.14. The number of methoxy groups -OCH3 is 2. The maximum absolute atomic E-state index is 5.21. The highest BCUT2D eigenvalue weighted by Gasteiger charge is 2.05. The summed E-state index contributed by atoms with van der Waals surface area (Å²) in [4.78, 5) is 0. The molecule has 3 nitrogen and oxygen atoms in total. The van der Waals surface area contributed by atoms with Gasteiger partial charge in [0.15, 0.2) is 0 Å². The van der Waals surface area contributed by atoms with Gasteiger partial charge in [-0.15, -0.1) is 0 Å². The number of hydrogen-bond donors (Lipinski definition) is 1. The smallest absolute Gasteiger partial charge is 0.122 e. The molecular weight excluding hydrogens is 190 g/mol. The normalized spacial score (nSPS) is 12.3. The Kier molecular flexibility index (Phi) is 4.43. The maximum atomic E-state index is 5.21. The number of benzene rings is 1. The largest absolute Gasteiger partial charge is 0.497 e. The molecule has 3 heteroatoms. The molecule has 15 heavy (non-hydrogen) atoms. The number of nitrogens with one attached hydrogen (secondary N) is 1. The van der Waals surface area contributed by atoms with Crippen LogP contribution in [-0.2, 0) is 6.42 Å². The zero-order valence-electron chi connectivity index (χ0n) is 9.83. The van der Waals surface area contributed by atoms with Crippen LogP contribution in [0.15, 0.2) is 18.2 Å². The molecule has 0 radical (unpaired) electrons. The zero-order chi connectivity index (χ0) is 11.3. The second kappa shape index (κ2) is 5.61. The van der Waals surface area contributed by atoms with E-state index >= 15 is 0 Å². The van der Waals surface area contributed by atoms with Gasteiger partial charge in [0.2, 0.25) is 0 Å². The van der Waals surface area contributed by atoms with Crippen LogP contribution in [0.25, 0.3) is 0 Å². The molecule has 0 saturated heterocycles. The predicted molar refractivity (Wildman–Crippen MR) is 61.8 cm³/mol. The summed E-state index contributed by atoms with van der Waals surface area (Å²) in [5.74, 6) is 1.68. The van der Waals surface area contributed by atoms with Gasteiger partial charge in [-0.3, -0.25) is 0 Å². The van der Waals surface area contributed by atoms with Crippen LogP contribution in [0.2, 0.25) is 0 Å². The van der Waals surface area contributed by atoms with Gasteiger partial charge in [0.05, 0.1) is 14.2 Å². The Bertz CT molecular complexity index is 290. The Hall–Kier alpha value is -1.22. The number of hydrogen-bond acceptors (Lipinski definition) is 3. The van der Waals surface area contributed by atoms with E-state index < -0.39 is 0 Å². The van der Waals surface area contributed by atoms with E-state index in [1.165, 1.54) is 5.56 Å². The van der Waals surface area contributed by atoms with Crippen molar-refractivity contribution in [3.63, 3.8) is 0 Å². The molecule has 0 aliphatic carbocycles. The van der Waals surface area contributed by atoms with Crippen molar-refractivity contribution in [1.29, 1.82) is 0 Å². The molecule has 1 aromatic carbocycles. The maximum Gasteiger partial charge on any atom is 0.122 e. The van der Waals surface area contributed by atoms with Crippen LogP contribution in [0, 0.1) is 0 Å². The van der Waals surface area contributed by atoms with Gasteiger partial charge in [0, 0.05) is 12.1 Å². The van der Waals surface area contributed by atoms with Crippen LogP contribution in [-0.4, -0.2) is 27.3 Å². The fourth-order valence-electron chi connectivity index (χ4n) is 1.44. The quantitative estimate of drug-likeness (QED) is 0.803. The van der Waals surface area contributed by atoms with Gasteiger partial charge in [0.25, 0.3) is 0 Å². The molecule has 0 aliphatic heterocycles. The average Bonchev–Trinajstić information content (AvgIpc) is 2.28. The van der Waals surface area contributed by atoms with Crippen molar-refractivity contribution in [2.75, 3.05) is 21.3 Å². The molecule has 1 N–H and O–H groups in total. The van der Waals surface area contributed by atoms with Crippen LogP contribution in [0.5, 0.6) is 11.5 Å². The van der Waals surface area contributed by atoms with Gasteiger partial charge in [-0.1, -0.05) is 0 Å². The molecule has 1 aromatic rings. The lowest BCUT2D eigenvalue weighted by Crippen LogP contribution is -2.23. The third kappa shape index (κ3) is 3.44. The molecule has 0 heterocycles. The molecule has 0 amide bonds.